The topological polar surface area (TPSA) is 69.8 Å². The summed E-state index contributed by atoms with van der Waals surface area (Å²) in [6, 6.07) is 1.73. The van der Waals surface area contributed by atoms with Crippen molar-refractivity contribution in [2.24, 2.45) is 0 Å². The Labute approximate surface area is 76.9 Å². The third-order valence-electron chi connectivity index (χ3n) is 1.53. The van der Waals surface area contributed by atoms with E-state index in [-0.39, 0.29) is 6.03 Å². The number of aromatic amines is 1. The Hall–Kier alpha value is -1.52. The minimum atomic E-state index is -0.164. The van der Waals surface area contributed by atoms with Crippen LogP contribution in [0.5, 0.6) is 0 Å². The second-order valence-electron chi connectivity index (χ2n) is 2.76. The van der Waals surface area contributed by atoms with E-state index in [4.69, 9.17) is 0 Å². The molecule has 1 aromatic rings. The number of nitrogens with one attached hydrogen (secondary N) is 3. The molecule has 0 aliphatic heterocycles. The number of amides is 2. The van der Waals surface area contributed by atoms with E-state index in [1.54, 1.807) is 0 Å². The quantitative estimate of drug-likeness (QED) is 0.638. The van der Waals surface area contributed by atoms with Crippen LogP contribution in [0.4, 0.5) is 4.79 Å². The predicted molar refractivity (Wildman–Crippen MR) is 49.2 cm³/mol. The Morgan fingerprint density at radius 1 is 1.62 bits per heavy atom. The number of aromatic nitrogens is 2. The Bertz CT molecular complexity index is 281. The van der Waals surface area contributed by atoms with Gasteiger partial charge in [-0.25, -0.2) is 4.79 Å². The van der Waals surface area contributed by atoms with Gasteiger partial charge < -0.3 is 10.6 Å². The first-order chi connectivity index (χ1) is 6.22. The van der Waals surface area contributed by atoms with E-state index in [2.05, 4.69) is 20.8 Å². The van der Waals surface area contributed by atoms with Crippen LogP contribution in [-0.4, -0.2) is 22.8 Å². The lowest BCUT2D eigenvalue weighted by Gasteiger charge is -2.02. The number of nitrogens with zero attached hydrogens (tertiary/aromatic N) is 1. The molecule has 13 heavy (non-hydrogen) atoms. The van der Waals surface area contributed by atoms with Crippen molar-refractivity contribution in [3.63, 3.8) is 0 Å². The zero-order chi connectivity index (χ0) is 9.68. The highest BCUT2D eigenvalue weighted by atomic mass is 16.2. The molecule has 3 N–H and O–H groups in total. The molecule has 0 atom stereocenters. The van der Waals surface area contributed by atoms with Crippen molar-refractivity contribution in [3.05, 3.63) is 17.5 Å². The fourth-order valence-electron chi connectivity index (χ4n) is 0.959. The monoisotopic (exact) mass is 182 g/mol. The normalized spacial score (nSPS) is 9.69. The Morgan fingerprint density at radius 2 is 2.38 bits per heavy atom. The van der Waals surface area contributed by atoms with E-state index < -0.39 is 0 Å². The fourth-order valence-corrected chi connectivity index (χ4v) is 0.959. The van der Waals surface area contributed by atoms with Crippen LogP contribution in [0.1, 0.15) is 18.3 Å². The number of rotatable bonds is 3. The molecular formula is C8H14N4O. The first kappa shape index (κ1) is 9.57. The van der Waals surface area contributed by atoms with E-state index in [1.807, 2.05) is 19.9 Å². The number of hydrogen-bond acceptors (Lipinski definition) is 2. The zero-order valence-corrected chi connectivity index (χ0v) is 7.85. The lowest BCUT2D eigenvalue weighted by molar-refractivity contribution is 0.241. The minimum Gasteiger partial charge on any atom is -0.338 e. The maximum Gasteiger partial charge on any atom is 0.315 e. The summed E-state index contributed by atoms with van der Waals surface area (Å²) in [5, 5.41) is 12.1. The van der Waals surface area contributed by atoms with Gasteiger partial charge in [-0.3, -0.25) is 5.10 Å². The Balaban J connectivity index is 2.30. The summed E-state index contributed by atoms with van der Waals surface area (Å²) in [4.78, 5) is 11.0. The van der Waals surface area contributed by atoms with Crippen molar-refractivity contribution in [3.8, 4) is 0 Å². The summed E-state index contributed by atoms with van der Waals surface area (Å²) in [7, 11) is 0. The number of H-pyrrole nitrogens is 1. The van der Waals surface area contributed by atoms with Crippen molar-refractivity contribution in [1.82, 2.24) is 20.8 Å². The molecule has 0 radical (unpaired) electrons. The van der Waals surface area contributed by atoms with E-state index in [0.717, 1.165) is 11.4 Å². The first-order valence-corrected chi connectivity index (χ1v) is 4.25. The van der Waals surface area contributed by atoms with Gasteiger partial charge >= 0.3 is 6.03 Å². The van der Waals surface area contributed by atoms with Crippen LogP contribution in [0.2, 0.25) is 0 Å². The second kappa shape index (κ2) is 4.49. The van der Waals surface area contributed by atoms with Gasteiger partial charge in [0.1, 0.15) is 0 Å². The summed E-state index contributed by atoms with van der Waals surface area (Å²) >= 11 is 0. The second-order valence-corrected chi connectivity index (χ2v) is 2.76. The summed E-state index contributed by atoms with van der Waals surface area (Å²) < 4.78 is 0. The van der Waals surface area contributed by atoms with Crippen molar-refractivity contribution < 1.29 is 4.79 Å². The summed E-state index contributed by atoms with van der Waals surface area (Å²) in [6.07, 6.45) is 0. The third-order valence-corrected chi connectivity index (χ3v) is 1.53. The zero-order valence-electron chi connectivity index (χ0n) is 7.85. The highest BCUT2D eigenvalue weighted by molar-refractivity contribution is 5.73. The van der Waals surface area contributed by atoms with Gasteiger partial charge in [0.2, 0.25) is 0 Å². The smallest absolute Gasteiger partial charge is 0.315 e. The van der Waals surface area contributed by atoms with Crippen molar-refractivity contribution in [2.75, 3.05) is 6.54 Å². The van der Waals surface area contributed by atoms with Gasteiger partial charge in [0, 0.05) is 12.2 Å². The van der Waals surface area contributed by atoms with Crippen LogP contribution < -0.4 is 10.6 Å². The number of aryl methyl sites for hydroxylation is 1. The Kier molecular flexibility index (Phi) is 3.31. The maximum atomic E-state index is 11.0. The predicted octanol–water partition coefficient (Wildman–Crippen LogP) is 0.537. The summed E-state index contributed by atoms with van der Waals surface area (Å²) in [6.45, 7) is 4.88. The van der Waals surface area contributed by atoms with Gasteiger partial charge in [-0.05, 0) is 19.9 Å². The van der Waals surface area contributed by atoms with Gasteiger partial charge in [0.15, 0.2) is 0 Å². The van der Waals surface area contributed by atoms with Crippen LogP contribution in [0.15, 0.2) is 6.07 Å². The molecule has 5 nitrogen and oxygen atoms in total. The van der Waals surface area contributed by atoms with E-state index in [1.165, 1.54) is 0 Å². The first-order valence-electron chi connectivity index (χ1n) is 4.25. The van der Waals surface area contributed by atoms with Gasteiger partial charge in [-0.2, -0.15) is 5.10 Å². The molecule has 0 aliphatic carbocycles. The van der Waals surface area contributed by atoms with Gasteiger partial charge in [0.05, 0.1) is 12.2 Å². The van der Waals surface area contributed by atoms with Gasteiger partial charge in [-0.15, -0.1) is 0 Å². The summed E-state index contributed by atoms with van der Waals surface area (Å²) in [5.41, 5.74) is 1.83. The number of urea groups is 1. The molecule has 1 heterocycles. The lowest BCUT2D eigenvalue weighted by Crippen LogP contribution is -2.34. The molecule has 0 fully saturated rings. The highest BCUT2D eigenvalue weighted by Crippen LogP contribution is 1.95. The van der Waals surface area contributed by atoms with E-state index in [9.17, 15) is 4.79 Å². The van der Waals surface area contributed by atoms with Crippen LogP contribution in [0, 0.1) is 6.92 Å². The number of carbonyl (C=O) groups is 1. The molecule has 1 aromatic heterocycles. The highest BCUT2D eigenvalue weighted by Gasteiger charge is 2.00. The largest absolute Gasteiger partial charge is 0.338 e. The minimum absolute atomic E-state index is 0.164. The SMILES string of the molecule is CCNC(=O)NCc1cc(C)[nH]n1. The standard InChI is InChI=1S/C8H14N4O/c1-3-9-8(13)10-5-7-4-6(2)11-12-7/h4H,3,5H2,1-2H3,(H,11,12)(H2,9,10,13). The molecule has 0 spiro atoms. The van der Waals surface area contributed by atoms with Crippen molar-refractivity contribution in [1.29, 1.82) is 0 Å². The van der Waals surface area contributed by atoms with Crippen LogP contribution in [0.3, 0.4) is 0 Å². The van der Waals surface area contributed by atoms with Gasteiger partial charge in [-0.1, -0.05) is 0 Å². The molecule has 0 bridgehead atoms. The Morgan fingerprint density at radius 3 is 2.92 bits per heavy atom. The maximum absolute atomic E-state index is 11.0. The molecule has 5 heteroatoms. The van der Waals surface area contributed by atoms with E-state index >= 15 is 0 Å². The molecule has 2 amide bonds. The number of hydrogen-bond donors (Lipinski definition) is 3. The summed E-state index contributed by atoms with van der Waals surface area (Å²) in [5.74, 6) is 0. The van der Waals surface area contributed by atoms with Crippen LogP contribution >= 0.6 is 0 Å². The molecule has 0 aromatic carbocycles. The molecular weight excluding hydrogens is 168 g/mol. The van der Waals surface area contributed by atoms with Gasteiger partial charge in [0.25, 0.3) is 0 Å². The fraction of sp³-hybridized carbons (Fsp3) is 0.500. The average Bonchev–Trinajstić information content (AvgIpc) is 2.49. The molecule has 72 valence electrons. The lowest BCUT2D eigenvalue weighted by atomic mass is 10.4. The molecule has 0 aliphatic rings. The molecule has 0 unspecified atom stereocenters. The van der Waals surface area contributed by atoms with Crippen molar-refractivity contribution in [2.45, 2.75) is 20.4 Å². The molecule has 0 saturated heterocycles. The third kappa shape index (κ3) is 3.14. The van der Waals surface area contributed by atoms with E-state index in [0.29, 0.717) is 13.1 Å². The van der Waals surface area contributed by atoms with Crippen LogP contribution in [0.25, 0.3) is 0 Å². The van der Waals surface area contributed by atoms with Crippen LogP contribution in [-0.2, 0) is 6.54 Å². The molecule has 0 saturated carbocycles. The molecule has 1 rings (SSSR count). The van der Waals surface area contributed by atoms with Crippen molar-refractivity contribution >= 4 is 6.03 Å². The average molecular weight is 182 g/mol. The number of carbonyl (C=O) groups excluding carboxylic acids is 1.